The molecular weight excluding hydrogens is 346 g/mol. The number of para-hydroxylation sites is 1. The van der Waals surface area contributed by atoms with E-state index in [0.717, 1.165) is 10.9 Å². The van der Waals surface area contributed by atoms with Crippen molar-refractivity contribution < 1.29 is 19.1 Å². The lowest BCUT2D eigenvalue weighted by atomic mass is 9.98. The van der Waals surface area contributed by atoms with E-state index in [9.17, 15) is 14.4 Å². The molecule has 2 amide bonds. The first-order valence-electron chi connectivity index (χ1n) is 9.08. The van der Waals surface area contributed by atoms with Gasteiger partial charge >= 0.3 is 5.97 Å². The maximum absolute atomic E-state index is 12.7. The lowest BCUT2D eigenvalue weighted by molar-refractivity contribution is -0.137. The van der Waals surface area contributed by atoms with Crippen molar-refractivity contribution in [1.29, 1.82) is 0 Å². The molecule has 7 heteroatoms. The second-order valence-electron chi connectivity index (χ2n) is 6.47. The molecule has 1 fully saturated rings. The Hall–Kier alpha value is -3.09. The summed E-state index contributed by atoms with van der Waals surface area (Å²) in [6.45, 7) is 2.64. The number of aromatic nitrogens is 1. The molecule has 1 aromatic carbocycles. The van der Waals surface area contributed by atoms with E-state index in [1.807, 2.05) is 24.3 Å². The predicted molar refractivity (Wildman–Crippen MR) is 101 cm³/mol. The van der Waals surface area contributed by atoms with Gasteiger partial charge in [0.25, 0.3) is 5.91 Å². The summed E-state index contributed by atoms with van der Waals surface area (Å²) in [5, 5.41) is 6.62. The first kappa shape index (κ1) is 18.7. The van der Waals surface area contributed by atoms with Crippen LogP contribution in [0.3, 0.4) is 0 Å². The van der Waals surface area contributed by atoms with Gasteiger partial charge in [-0.3, -0.25) is 9.59 Å². The third kappa shape index (κ3) is 4.75. The molecule has 3 rings (SSSR count). The number of rotatable bonds is 7. The topological polar surface area (TPSA) is 100 Å². The average molecular weight is 369 g/mol. The Bertz CT molecular complexity index is 838. The summed E-state index contributed by atoms with van der Waals surface area (Å²) >= 11 is 0. The molecule has 0 radical (unpaired) electrons. The number of hydrogen-bond donors (Lipinski definition) is 3. The van der Waals surface area contributed by atoms with E-state index in [4.69, 9.17) is 4.74 Å². The van der Waals surface area contributed by atoms with Gasteiger partial charge in [0.2, 0.25) is 5.91 Å². The van der Waals surface area contributed by atoms with E-state index in [1.165, 1.54) is 6.08 Å². The fourth-order valence-corrected chi connectivity index (χ4v) is 3.19. The van der Waals surface area contributed by atoms with Crippen LogP contribution in [-0.2, 0) is 14.3 Å². The molecular formula is C20H23N3O4. The van der Waals surface area contributed by atoms with Gasteiger partial charge in [-0.05, 0) is 31.9 Å². The second kappa shape index (κ2) is 8.53. The van der Waals surface area contributed by atoms with Crippen LogP contribution in [-0.4, -0.2) is 42.0 Å². The first-order chi connectivity index (χ1) is 13.1. The SMILES string of the molecule is CCOC(=O)/C=C/C(CC1CCNC1=O)NC(=O)c1cc2ccccc2[nH]1. The van der Waals surface area contributed by atoms with Gasteiger partial charge in [0.15, 0.2) is 0 Å². The van der Waals surface area contributed by atoms with E-state index in [2.05, 4.69) is 15.6 Å². The number of esters is 1. The smallest absolute Gasteiger partial charge is 0.330 e. The van der Waals surface area contributed by atoms with E-state index < -0.39 is 12.0 Å². The van der Waals surface area contributed by atoms with Gasteiger partial charge in [0.1, 0.15) is 5.69 Å². The van der Waals surface area contributed by atoms with Crippen LogP contribution < -0.4 is 10.6 Å². The van der Waals surface area contributed by atoms with Gasteiger partial charge in [0, 0.05) is 35.5 Å². The zero-order valence-corrected chi connectivity index (χ0v) is 15.2. The van der Waals surface area contributed by atoms with E-state index in [0.29, 0.717) is 25.1 Å². The number of benzene rings is 1. The average Bonchev–Trinajstić information content (AvgIpc) is 3.26. The summed E-state index contributed by atoms with van der Waals surface area (Å²) in [7, 11) is 0. The third-order valence-corrected chi connectivity index (χ3v) is 4.54. The summed E-state index contributed by atoms with van der Waals surface area (Å²) in [4.78, 5) is 39.2. The Labute approximate surface area is 157 Å². The monoisotopic (exact) mass is 369 g/mol. The van der Waals surface area contributed by atoms with E-state index in [-0.39, 0.29) is 24.3 Å². The minimum absolute atomic E-state index is 0.0237. The van der Waals surface area contributed by atoms with Crippen LogP contribution in [0.4, 0.5) is 0 Å². The molecule has 1 aromatic heterocycles. The summed E-state index contributed by atoms with van der Waals surface area (Å²) < 4.78 is 4.89. The number of hydrogen-bond acceptors (Lipinski definition) is 4. The Morgan fingerprint density at radius 3 is 2.89 bits per heavy atom. The van der Waals surface area contributed by atoms with Gasteiger partial charge in [0.05, 0.1) is 6.61 Å². The minimum Gasteiger partial charge on any atom is -0.463 e. The number of carbonyl (C=O) groups is 3. The van der Waals surface area contributed by atoms with Crippen molar-refractivity contribution in [3.63, 3.8) is 0 Å². The molecule has 1 aliphatic rings. The molecule has 0 saturated carbocycles. The molecule has 2 aromatic rings. The molecule has 1 saturated heterocycles. The van der Waals surface area contributed by atoms with Crippen molar-refractivity contribution >= 4 is 28.7 Å². The maximum atomic E-state index is 12.7. The fraction of sp³-hybridized carbons (Fsp3) is 0.350. The third-order valence-electron chi connectivity index (χ3n) is 4.54. The van der Waals surface area contributed by atoms with Gasteiger partial charge in [-0.2, -0.15) is 0 Å². The number of ether oxygens (including phenoxy) is 1. The Morgan fingerprint density at radius 2 is 2.19 bits per heavy atom. The minimum atomic E-state index is -0.474. The number of nitrogens with one attached hydrogen (secondary N) is 3. The highest BCUT2D eigenvalue weighted by atomic mass is 16.5. The van der Waals surface area contributed by atoms with Crippen LogP contribution in [0.5, 0.6) is 0 Å². The lowest BCUT2D eigenvalue weighted by Crippen LogP contribution is -2.36. The summed E-state index contributed by atoms with van der Waals surface area (Å²) in [6, 6.07) is 8.93. The van der Waals surface area contributed by atoms with Crippen LogP contribution in [0.15, 0.2) is 42.5 Å². The summed E-state index contributed by atoms with van der Waals surface area (Å²) in [5.74, 6) is -0.976. The van der Waals surface area contributed by atoms with Crippen molar-refractivity contribution in [3.05, 3.63) is 48.2 Å². The number of aromatic amines is 1. The van der Waals surface area contributed by atoms with Crippen molar-refractivity contribution in [2.45, 2.75) is 25.8 Å². The number of H-pyrrole nitrogens is 1. The van der Waals surface area contributed by atoms with E-state index in [1.54, 1.807) is 19.1 Å². The van der Waals surface area contributed by atoms with Gasteiger partial charge < -0.3 is 20.4 Å². The molecule has 0 spiro atoms. The molecule has 142 valence electrons. The predicted octanol–water partition coefficient (Wildman–Crippen LogP) is 1.91. The highest BCUT2D eigenvalue weighted by Gasteiger charge is 2.27. The second-order valence-corrected chi connectivity index (χ2v) is 6.47. The molecule has 2 unspecified atom stereocenters. The Balaban J connectivity index is 1.73. The molecule has 0 aliphatic carbocycles. The number of amides is 2. The molecule has 2 atom stereocenters. The van der Waals surface area contributed by atoms with Crippen molar-refractivity contribution in [1.82, 2.24) is 15.6 Å². The van der Waals surface area contributed by atoms with E-state index >= 15 is 0 Å². The normalized spacial score (nSPS) is 17.8. The first-order valence-corrected chi connectivity index (χ1v) is 9.08. The van der Waals surface area contributed by atoms with Crippen molar-refractivity contribution in [3.8, 4) is 0 Å². The van der Waals surface area contributed by atoms with Crippen molar-refractivity contribution in [2.24, 2.45) is 5.92 Å². The quantitative estimate of drug-likeness (QED) is 0.513. The molecule has 3 N–H and O–H groups in total. The van der Waals surface area contributed by atoms with Crippen molar-refractivity contribution in [2.75, 3.05) is 13.2 Å². The zero-order valence-electron chi connectivity index (χ0n) is 15.2. The van der Waals surface area contributed by atoms with Crippen LogP contribution in [0.25, 0.3) is 10.9 Å². The summed E-state index contributed by atoms with van der Waals surface area (Å²) in [6.07, 6.45) is 4.02. The number of carbonyl (C=O) groups excluding carboxylic acids is 3. The maximum Gasteiger partial charge on any atom is 0.330 e. The summed E-state index contributed by atoms with van der Waals surface area (Å²) in [5.41, 5.74) is 1.30. The largest absolute Gasteiger partial charge is 0.463 e. The standard InChI is InChI=1S/C20H23N3O4/c1-2-27-18(24)8-7-15(11-14-9-10-21-19(14)25)22-20(26)17-12-13-5-3-4-6-16(13)23-17/h3-8,12,14-15,23H,2,9-11H2,1H3,(H,21,25)(H,22,26)/b8-7+. The lowest BCUT2D eigenvalue weighted by Gasteiger charge is -2.17. The Morgan fingerprint density at radius 1 is 1.37 bits per heavy atom. The van der Waals surface area contributed by atoms with Crippen LogP contribution in [0, 0.1) is 5.92 Å². The van der Waals surface area contributed by atoms with Crippen LogP contribution in [0.1, 0.15) is 30.3 Å². The van der Waals surface area contributed by atoms with Crippen LogP contribution in [0.2, 0.25) is 0 Å². The molecule has 2 heterocycles. The fourth-order valence-electron chi connectivity index (χ4n) is 3.19. The van der Waals surface area contributed by atoms with Gasteiger partial charge in [-0.25, -0.2) is 4.79 Å². The molecule has 1 aliphatic heterocycles. The van der Waals surface area contributed by atoms with Gasteiger partial charge in [-0.1, -0.05) is 24.3 Å². The Kier molecular flexibility index (Phi) is 5.90. The molecule has 0 bridgehead atoms. The number of fused-ring (bicyclic) bond motifs is 1. The van der Waals surface area contributed by atoms with Crippen LogP contribution >= 0.6 is 0 Å². The van der Waals surface area contributed by atoms with Gasteiger partial charge in [-0.15, -0.1) is 0 Å². The highest BCUT2D eigenvalue weighted by molar-refractivity contribution is 5.98. The highest BCUT2D eigenvalue weighted by Crippen LogP contribution is 2.18. The molecule has 27 heavy (non-hydrogen) atoms. The molecule has 7 nitrogen and oxygen atoms in total. The zero-order chi connectivity index (χ0) is 19.2.